The van der Waals surface area contributed by atoms with Gasteiger partial charge >= 0.3 is 0 Å². The van der Waals surface area contributed by atoms with Gasteiger partial charge in [-0.15, -0.1) is 12.4 Å². The second-order valence-corrected chi connectivity index (χ2v) is 7.09. The van der Waals surface area contributed by atoms with Crippen LogP contribution < -0.4 is 10.2 Å². The van der Waals surface area contributed by atoms with Gasteiger partial charge in [0.2, 0.25) is 5.91 Å². The van der Waals surface area contributed by atoms with Crippen LogP contribution in [0.1, 0.15) is 31.0 Å². The van der Waals surface area contributed by atoms with Crippen molar-refractivity contribution in [2.75, 3.05) is 18.5 Å². The standard InChI is InChI=1S/C20H22F2N2O2.ClH/c1-20(2)15-8-7-14(22)10-16(15)24(19(20)26)18(17(25)11-23-3)12-5-4-6-13(21)9-12;/h4-10,17-18,23,25H,11H2,1-3H3;1H/t17-,18+;/m1./s1. The number of hydrogen-bond donors (Lipinski definition) is 2. The van der Waals surface area contributed by atoms with Crippen molar-refractivity contribution < 1.29 is 18.7 Å². The number of hydrogen-bond acceptors (Lipinski definition) is 3. The van der Waals surface area contributed by atoms with E-state index in [-0.39, 0.29) is 24.9 Å². The highest BCUT2D eigenvalue weighted by Crippen LogP contribution is 2.46. The fraction of sp³-hybridized carbons (Fsp3) is 0.350. The van der Waals surface area contributed by atoms with Crippen molar-refractivity contribution in [2.45, 2.75) is 31.4 Å². The molecule has 1 amide bonds. The molecule has 2 atom stereocenters. The first-order valence-electron chi connectivity index (χ1n) is 8.49. The molecule has 0 bridgehead atoms. The zero-order valence-electron chi connectivity index (χ0n) is 15.4. The summed E-state index contributed by atoms with van der Waals surface area (Å²) in [5, 5.41) is 13.6. The van der Waals surface area contributed by atoms with Gasteiger partial charge in [-0.1, -0.05) is 18.2 Å². The molecule has 3 rings (SSSR count). The number of amides is 1. The number of carbonyl (C=O) groups is 1. The normalized spacial score (nSPS) is 17.3. The first-order valence-corrected chi connectivity index (χ1v) is 8.49. The Morgan fingerprint density at radius 2 is 1.81 bits per heavy atom. The van der Waals surface area contributed by atoms with E-state index in [0.717, 1.165) is 0 Å². The number of halogens is 3. The number of benzene rings is 2. The van der Waals surface area contributed by atoms with E-state index >= 15 is 0 Å². The highest BCUT2D eigenvalue weighted by atomic mass is 35.5. The van der Waals surface area contributed by atoms with Crippen LogP contribution in [0.25, 0.3) is 0 Å². The Morgan fingerprint density at radius 3 is 2.44 bits per heavy atom. The lowest BCUT2D eigenvalue weighted by molar-refractivity contribution is -0.123. The number of fused-ring (bicyclic) bond motifs is 1. The minimum Gasteiger partial charge on any atom is -0.389 e. The third kappa shape index (κ3) is 3.70. The summed E-state index contributed by atoms with van der Waals surface area (Å²) in [5.74, 6) is -1.20. The zero-order valence-corrected chi connectivity index (χ0v) is 16.2. The molecule has 0 fully saturated rings. The smallest absolute Gasteiger partial charge is 0.237 e. The molecule has 0 saturated heterocycles. The van der Waals surface area contributed by atoms with Gasteiger partial charge in [-0.3, -0.25) is 4.79 Å². The Kier molecular flexibility index (Phi) is 6.24. The van der Waals surface area contributed by atoms with E-state index in [0.29, 0.717) is 16.8 Å². The largest absolute Gasteiger partial charge is 0.389 e. The SMILES string of the molecule is CNC[C@@H](O)[C@H](c1cccc(F)c1)N1C(=O)C(C)(C)c2ccc(F)cc21.Cl. The monoisotopic (exact) mass is 396 g/mol. The van der Waals surface area contributed by atoms with E-state index in [1.165, 1.54) is 35.2 Å². The van der Waals surface area contributed by atoms with Crippen molar-refractivity contribution in [1.82, 2.24) is 5.32 Å². The predicted molar refractivity (Wildman–Crippen MR) is 103 cm³/mol. The van der Waals surface area contributed by atoms with E-state index in [4.69, 9.17) is 0 Å². The van der Waals surface area contributed by atoms with Crippen LogP contribution in [0.3, 0.4) is 0 Å². The fourth-order valence-corrected chi connectivity index (χ4v) is 3.59. The van der Waals surface area contributed by atoms with Gasteiger partial charge in [0.1, 0.15) is 11.6 Å². The first kappa shape index (κ1) is 21.3. The third-order valence-corrected chi connectivity index (χ3v) is 4.89. The molecule has 27 heavy (non-hydrogen) atoms. The quantitative estimate of drug-likeness (QED) is 0.815. The van der Waals surface area contributed by atoms with E-state index in [1.54, 1.807) is 33.0 Å². The fourth-order valence-electron chi connectivity index (χ4n) is 3.59. The molecule has 0 radical (unpaired) electrons. The van der Waals surface area contributed by atoms with Crippen LogP contribution in [-0.2, 0) is 10.2 Å². The molecule has 2 aromatic rings. The summed E-state index contributed by atoms with van der Waals surface area (Å²) >= 11 is 0. The Bertz CT molecular complexity index is 844. The van der Waals surface area contributed by atoms with Crippen molar-refractivity contribution in [3.8, 4) is 0 Å². The molecule has 0 aliphatic carbocycles. The van der Waals surface area contributed by atoms with E-state index in [2.05, 4.69) is 5.32 Å². The minimum atomic E-state index is -1.00. The average molecular weight is 397 g/mol. The number of aliphatic hydroxyl groups excluding tert-OH is 1. The van der Waals surface area contributed by atoms with Gasteiger partial charge in [-0.05, 0) is 56.3 Å². The minimum absolute atomic E-state index is 0. The molecule has 4 nitrogen and oxygen atoms in total. The molecular weight excluding hydrogens is 374 g/mol. The van der Waals surface area contributed by atoms with Crippen LogP contribution in [-0.4, -0.2) is 30.7 Å². The Hall–Kier alpha value is -2.02. The van der Waals surface area contributed by atoms with Gasteiger partial charge in [-0.25, -0.2) is 8.78 Å². The molecule has 7 heteroatoms. The van der Waals surface area contributed by atoms with Crippen LogP contribution in [0, 0.1) is 11.6 Å². The highest BCUT2D eigenvalue weighted by molar-refractivity contribution is 6.08. The van der Waals surface area contributed by atoms with E-state index < -0.39 is 29.2 Å². The number of carbonyl (C=O) groups excluding carboxylic acids is 1. The molecule has 1 heterocycles. The maximum Gasteiger partial charge on any atom is 0.237 e. The van der Waals surface area contributed by atoms with Gasteiger partial charge in [0, 0.05) is 6.54 Å². The van der Waals surface area contributed by atoms with Crippen LogP contribution in [0.4, 0.5) is 14.5 Å². The van der Waals surface area contributed by atoms with Crippen molar-refractivity contribution in [3.05, 3.63) is 65.2 Å². The summed E-state index contributed by atoms with van der Waals surface area (Å²) in [7, 11) is 1.68. The molecule has 1 aliphatic rings. The molecule has 0 unspecified atom stereocenters. The Labute approximate surface area is 163 Å². The molecule has 0 aromatic heterocycles. The first-order chi connectivity index (χ1) is 12.3. The lowest BCUT2D eigenvalue weighted by atomic mass is 9.86. The number of anilines is 1. The van der Waals surface area contributed by atoms with Gasteiger partial charge in [0.05, 0.1) is 23.2 Å². The van der Waals surface area contributed by atoms with Crippen molar-refractivity contribution in [1.29, 1.82) is 0 Å². The van der Waals surface area contributed by atoms with Gasteiger partial charge in [0.15, 0.2) is 0 Å². The van der Waals surface area contributed by atoms with Crippen molar-refractivity contribution >= 4 is 24.0 Å². The van der Waals surface area contributed by atoms with E-state index in [1.807, 2.05) is 0 Å². The second-order valence-electron chi connectivity index (χ2n) is 7.09. The molecule has 146 valence electrons. The summed E-state index contributed by atoms with van der Waals surface area (Å²) in [6.45, 7) is 3.72. The maximum absolute atomic E-state index is 13.9. The maximum atomic E-state index is 13.9. The van der Waals surface area contributed by atoms with Crippen molar-refractivity contribution in [2.24, 2.45) is 0 Å². The van der Waals surface area contributed by atoms with E-state index in [9.17, 15) is 18.7 Å². The zero-order chi connectivity index (χ0) is 19.1. The second kappa shape index (κ2) is 7.92. The molecule has 0 saturated carbocycles. The van der Waals surface area contributed by atoms with Gasteiger partial charge in [0.25, 0.3) is 0 Å². The van der Waals surface area contributed by atoms with Crippen molar-refractivity contribution in [3.63, 3.8) is 0 Å². The third-order valence-electron chi connectivity index (χ3n) is 4.89. The molecular formula is C20H23ClF2N2O2. The number of nitrogens with one attached hydrogen (secondary N) is 1. The lowest BCUT2D eigenvalue weighted by Crippen LogP contribution is -2.45. The topological polar surface area (TPSA) is 52.6 Å². The van der Waals surface area contributed by atoms with Crippen LogP contribution in [0.2, 0.25) is 0 Å². The van der Waals surface area contributed by atoms with Crippen LogP contribution in [0.15, 0.2) is 42.5 Å². The van der Waals surface area contributed by atoms with Gasteiger partial charge in [-0.2, -0.15) is 0 Å². The molecule has 2 N–H and O–H groups in total. The summed E-state index contributed by atoms with van der Waals surface area (Å²) in [6, 6.07) is 9.14. The number of aliphatic hydroxyl groups is 1. The lowest BCUT2D eigenvalue weighted by Gasteiger charge is -2.33. The van der Waals surface area contributed by atoms with Crippen LogP contribution >= 0.6 is 12.4 Å². The van der Waals surface area contributed by atoms with Gasteiger partial charge < -0.3 is 15.3 Å². The average Bonchev–Trinajstić information content (AvgIpc) is 2.76. The summed E-state index contributed by atoms with van der Waals surface area (Å²) in [6.07, 6.45) is -1.00. The molecule has 1 aliphatic heterocycles. The molecule has 0 spiro atoms. The summed E-state index contributed by atoms with van der Waals surface area (Å²) < 4.78 is 27.7. The summed E-state index contributed by atoms with van der Waals surface area (Å²) in [5.41, 5.74) is 0.675. The molecule has 2 aromatic carbocycles. The number of rotatable bonds is 5. The van der Waals surface area contributed by atoms with Crippen LogP contribution in [0.5, 0.6) is 0 Å². The predicted octanol–water partition coefficient (Wildman–Crippen LogP) is 3.33. The summed E-state index contributed by atoms with van der Waals surface area (Å²) in [4.78, 5) is 14.6. The highest BCUT2D eigenvalue weighted by Gasteiger charge is 2.48. The Balaban J connectivity index is 0.00000261. The number of likely N-dealkylation sites (N-methyl/N-ethyl adjacent to an activating group) is 1. The Morgan fingerprint density at radius 1 is 1.15 bits per heavy atom. The number of nitrogens with zero attached hydrogens (tertiary/aromatic N) is 1.